The third-order valence-electron chi connectivity index (χ3n) is 3.38. The van der Waals surface area contributed by atoms with Crippen LogP contribution in [0.15, 0.2) is 24.0 Å². The molecule has 0 spiro atoms. The predicted octanol–water partition coefficient (Wildman–Crippen LogP) is 5.35. The van der Waals surface area contributed by atoms with Crippen molar-refractivity contribution in [1.82, 2.24) is 0 Å². The van der Waals surface area contributed by atoms with E-state index >= 15 is 0 Å². The van der Waals surface area contributed by atoms with Gasteiger partial charge in [0.15, 0.2) is 6.29 Å². The van der Waals surface area contributed by atoms with Crippen LogP contribution in [0.2, 0.25) is 0 Å². The van der Waals surface area contributed by atoms with Crippen molar-refractivity contribution in [3.05, 3.63) is 24.0 Å². The quantitative estimate of drug-likeness (QED) is 0.318. The maximum absolute atomic E-state index is 5.76. The molecule has 1 atom stereocenters. The van der Waals surface area contributed by atoms with Gasteiger partial charge in [0, 0.05) is 6.42 Å². The Kier molecular flexibility index (Phi) is 9.52. The second-order valence-corrected chi connectivity index (χ2v) is 5.27. The van der Waals surface area contributed by atoms with Crippen molar-refractivity contribution in [3.63, 3.8) is 0 Å². The fraction of sp³-hybridized carbons (Fsp3) is 0.765. The van der Waals surface area contributed by atoms with Gasteiger partial charge < -0.3 is 9.47 Å². The summed E-state index contributed by atoms with van der Waals surface area (Å²) in [6.07, 6.45) is 17.1. The zero-order chi connectivity index (χ0) is 13.8. The molecule has 1 rings (SSSR count). The van der Waals surface area contributed by atoms with Crippen LogP contribution in [-0.2, 0) is 9.47 Å². The summed E-state index contributed by atoms with van der Waals surface area (Å²) in [4.78, 5) is 0. The van der Waals surface area contributed by atoms with Crippen LogP contribution in [0.5, 0.6) is 0 Å². The summed E-state index contributed by atoms with van der Waals surface area (Å²) in [7, 11) is 0. The Labute approximate surface area is 118 Å². The zero-order valence-corrected chi connectivity index (χ0v) is 12.7. The van der Waals surface area contributed by atoms with Crippen LogP contribution in [0.3, 0.4) is 0 Å². The van der Waals surface area contributed by atoms with Crippen LogP contribution in [-0.4, -0.2) is 12.9 Å². The molecule has 0 amide bonds. The van der Waals surface area contributed by atoms with Crippen molar-refractivity contribution in [2.24, 2.45) is 0 Å². The fourth-order valence-corrected chi connectivity index (χ4v) is 2.10. The van der Waals surface area contributed by atoms with Gasteiger partial charge in [0.05, 0.1) is 12.9 Å². The van der Waals surface area contributed by atoms with E-state index in [4.69, 9.17) is 9.47 Å². The monoisotopic (exact) mass is 266 g/mol. The third-order valence-corrected chi connectivity index (χ3v) is 3.38. The molecule has 1 saturated heterocycles. The Morgan fingerprint density at radius 2 is 2.05 bits per heavy atom. The predicted molar refractivity (Wildman–Crippen MR) is 80.9 cm³/mol. The molecule has 2 heteroatoms. The Morgan fingerprint density at radius 1 is 1.21 bits per heavy atom. The first kappa shape index (κ1) is 16.3. The Balaban J connectivity index is 2.38. The molecule has 110 valence electrons. The molecule has 19 heavy (non-hydrogen) atoms. The second kappa shape index (κ2) is 11.1. The van der Waals surface area contributed by atoms with Crippen LogP contribution >= 0.6 is 0 Å². The summed E-state index contributed by atoms with van der Waals surface area (Å²) in [5, 5.41) is 0. The zero-order valence-electron chi connectivity index (χ0n) is 12.7. The standard InChI is InChI=1S/C17H30O2/c1-3-5-7-8-12-16(11-6-4-2)15-19-17-13-9-10-14-18-17/h8,12,15,17H,3-7,9-11,13-14H2,1-2H3/b12-8+,16-15-. The first-order chi connectivity index (χ1) is 9.36. The molecule has 0 aliphatic carbocycles. The van der Waals surface area contributed by atoms with Crippen molar-refractivity contribution in [2.45, 2.75) is 77.9 Å². The van der Waals surface area contributed by atoms with E-state index in [-0.39, 0.29) is 6.29 Å². The molecule has 0 N–H and O–H groups in total. The first-order valence-electron chi connectivity index (χ1n) is 7.99. The molecule has 1 aliphatic rings. The van der Waals surface area contributed by atoms with Crippen LogP contribution in [0.1, 0.15) is 71.6 Å². The van der Waals surface area contributed by atoms with E-state index in [1.165, 1.54) is 50.5 Å². The molecule has 0 radical (unpaired) electrons. The molecule has 1 heterocycles. The van der Waals surface area contributed by atoms with Crippen molar-refractivity contribution in [1.29, 1.82) is 0 Å². The van der Waals surface area contributed by atoms with Crippen LogP contribution in [0.25, 0.3) is 0 Å². The molecule has 0 aromatic carbocycles. The summed E-state index contributed by atoms with van der Waals surface area (Å²) in [5.74, 6) is 0. The first-order valence-corrected chi connectivity index (χ1v) is 7.99. The Morgan fingerprint density at radius 3 is 2.74 bits per heavy atom. The van der Waals surface area contributed by atoms with E-state index in [1.54, 1.807) is 0 Å². The number of unbranched alkanes of at least 4 members (excludes halogenated alkanes) is 3. The molecule has 1 unspecified atom stereocenters. The lowest BCUT2D eigenvalue weighted by atomic mass is 10.1. The molecule has 0 aromatic rings. The highest BCUT2D eigenvalue weighted by Crippen LogP contribution is 2.16. The number of hydrogen-bond acceptors (Lipinski definition) is 2. The van der Waals surface area contributed by atoms with Crippen molar-refractivity contribution < 1.29 is 9.47 Å². The van der Waals surface area contributed by atoms with Gasteiger partial charge in [-0.05, 0) is 37.7 Å². The fourth-order valence-electron chi connectivity index (χ4n) is 2.10. The summed E-state index contributed by atoms with van der Waals surface area (Å²) >= 11 is 0. The second-order valence-electron chi connectivity index (χ2n) is 5.27. The molecule has 0 aromatic heterocycles. The van der Waals surface area contributed by atoms with Crippen LogP contribution in [0.4, 0.5) is 0 Å². The van der Waals surface area contributed by atoms with E-state index in [2.05, 4.69) is 26.0 Å². The Hall–Kier alpha value is -0.760. The van der Waals surface area contributed by atoms with E-state index in [0.717, 1.165) is 19.4 Å². The van der Waals surface area contributed by atoms with Crippen LogP contribution < -0.4 is 0 Å². The maximum atomic E-state index is 5.76. The lowest BCUT2D eigenvalue weighted by molar-refractivity contribution is -0.130. The molecule has 2 nitrogen and oxygen atoms in total. The average Bonchev–Trinajstić information content (AvgIpc) is 2.46. The van der Waals surface area contributed by atoms with Gasteiger partial charge >= 0.3 is 0 Å². The number of hydrogen-bond donors (Lipinski definition) is 0. The minimum atomic E-state index is -0.0191. The van der Waals surface area contributed by atoms with Crippen molar-refractivity contribution in [2.75, 3.05) is 6.61 Å². The lowest BCUT2D eigenvalue weighted by Gasteiger charge is -2.22. The van der Waals surface area contributed by atoms with Gasteiger partial charge in [0.1, 0.15) is 0 Å². The van der Waals surface area contributed by atoms with Crippen LogP contribution in [0, 0.1) is 0 Å². The molecule has 1 fully saturated rings. The summed E-state index contributed by atoms with van der Waals surface area (Å²) in [6.45, 7) is 5.30. The largest absolute Gasteiger partial charge is 0.472 e. The summed E-state index contributed by atoms with van der Waals surface area (Å²) in [6, 6.07) is 0. The van der Waals surface area contributed by atoms with Gasteiger partial charge in [0.2, 0.25) is 0 Å². The molecular weight excluding hydrogens is 236 g/mol. The normalized spacial score (nSPS) is 20.9. The Bertz CT molecular complexity index is 262. The van der Waals surface area contributed by atoms with Gasteiger partial charge in [-0.2, -0.15) is 0 Å². The van der Waals surface area contributed by atoms with Crippen molar-refractivity contribution >= 4 is 0 Å². The molecule has 0 saturated carbocycles. The van der Waals surface area contributed by atoms with E-state index in [1.807, 2.05) is 6.26 Å². The highest BCUT2D eigenvalue weighted by molar-refractivity contribution is 5.16. The molecule has 0 bridgehead atoms. The van der Waals surface area contributed by atoms with Crippen molar-refractivity contribution in [3.8, 4) is 0 Å². The highest BCUT2D eigenvalue weighted by atomic mass is 16.7. The number of allylic oxidation sites excluding steroid dienone is 3. The average molecular weight is 266 g/mol. The minimum absolute atomic E-state index is 0.0191. The molecule has 1 aliphatic heterocycles. The van der Waals surface area contributed by atoms with E-state index in [0.29, 0.717) is 0 Å². The highest BCUT2D eigenvalue weighted by Gasteiger charge is 2.13. The molecular formula is C17H30O2. The van der Waals surface area contributed by atoms with Gasteiger partial charge in [-0.25, -0.2) is 0 Å². The summed E-state index contributed by atoms with van der Waals surface area (Å²) in [5.41, 5.74) is 1.30. The number of rotatable bonds is 9. The van der Waals surface area contributed by atoms with Gasteiger partial charge in [-0.15, -0.1) is 0 Å². The van der Waals surface area contributed by atoms with Gasteiger partial charge in [-0.3, -0.25) is 0 Å². The van der Waals surface area contributed by atoms with Gasteiger partial charge in [0.25, 0.3) is 0 Å². The summed E-state index contributed by atoms with van der Waals surface area (Å²) < 4.78 is 11.3. The SMILES string of the molecule is CCCC/C=C/C(=C\OC1CCCCO1)CCCC. The van der Waals surface area contributed by atoms with Gasteiger partial charge in [-0.1, -0.05) is 45.3 Å². The van der Waals surface area contributed by atoms with E-state index < -0.39 is 0 Å². The smallest absolute Gasteiger partial charge is 0.198 e. The number of ether oxygens (including phenoxy) is 2. The van der Waals surface area contributed by atoms with E-state index in [9.17, 15) is 0 Å². The third kappa shape index (κ3) is 8.10. The maximum Gasteiger partial charge on any atom is 0.198 e. The minimum Gasteiger partial charge on any atom is -0.472 e. The topological polar surface area (TPSA) is 18.5 Å². The lowest BCUT2D eigenvalue weighted by Crippen LogP contribution is -2.20.